The molecule has 1 aromatic carbocycles. The molecule has 0 aliphatic carbocycles. The molecule has 0 aliphatic heterocycles. The van der Waals surface area contributed by atoms with Gasteiger partial charge in [0, 0.05) is 6.42 Å². The van der Waals surface area contributed by atoms with Gasteiger partial charge in [-0.25, -0.2) is 4.39 Å². The maximum atomic E-state index is 12.7. The van der Waals surface area contributed by atoms with Crippen molar-refractivity contribution in [2.75, 3.05) is 0 Å². The predicted octanol–water partition coefficient (Wildman–Crippen LogP) is 3.73. The summed E-state index contributed by atoms with van der Waals surface area (Å²) in [5, 5.41) is 0. The first-order valence-corrected chi connectivity index (χ1v) is 4.96. The molecule has 0 N–H and O–H groups in total. The van der Waals surface area contributed by atoms with E-state index < -0.39 is 0 Å². The molecule has 0 aliphatic rings. The van der Waals surface area contributed by atoms with Gasteiger partial charge >= 0.3 is 0 Å². The average molecular weight is 190 g/mol. The molecule has 0 saturated heterocycles. The highest BCUT2D eigenvalue weighted by Crippen LogP contribution is 2.24. The second-order valence-corrected chi connectivity index (χ2v) is 3.45. The van der Waals surface area contributed by atoms with E-state index in [0.29, 0.717) is 5.92 Å². The van der Waals surface area contributed by atoms with E-state index in [4.69, 9.17) is 6.42 Å². The van der Waals surface area contributed by atoms with Crippen LogP contribution in [0.15, 0.2) is 24.3 Å². The third-order valence-electron chi connectivity index (χ3n) is 2.34. The molecule has 74 valence electrons. The summed E-state index contributed by atoms with van der Waals surface area (Å²) in [4.78, 5) is 0. The number of halogens is 1. The average Bonchev–Trinajstić information content (AvgIpc) is 2.19. The highest BCUT2D eigenvalue weighted by Gasteiger charge is 2.08. The number of benzene rings is 1. The quantitative estimate of drug-likeness (QED) is 0.634. The van der Waals surface area contributed by atoms with Crippen LogP contribution in [0.25, 0.3) is 0 Å². The fourth-order valence-electron chi connectivity index (χ4n) is 1.61. The Morgan fingerprint density at radius 3 is 2.50 bits per heavy atom. The standard InChI is InChI=1S/C13H15F/c1-3-5-11(6-4-2)12-7-9-13(14)10-8-12/h1,7-11H,4-6H2,2H3. The molecule has 1 heteroatoms. The molecule has 0 aromatic heterocycles. The number of rotatable bonds is 4. The summed E-state index contributed by atoms with van der Waals surface area (Å²) in [5.74, 6) is 2.86. The van der Waals surface area contributed by atoms with Gasteiger partial charge in [0.2, 0.25) is 0 Å². The van der Waals surface area contributed by atoms with Crippen LogP contribution in [0.2, 0.25) is 0 Å². The van der Waals surface area contributed by atoms with Crippen molar-refractivity contribution in [1.29, 1.82) is 0 Å². The van der Waals surface area contributed by atoms with E-state index >= 15 is 0 Å². The van der Waals surface area contributed by atoms with E-state index in [1.54, 1.807) is 0 Å². The minimum absolute atomic E-state index is 0.190. The summed E-state index contributed by atoms with van der Waals surface area (Å²) in [7, 11) is 0. The van der Waals surface area contributed by atoms with Crippen molar-refractivity contribution in [2.24, 2.45) is 0 Å². The third-order valence-corrected chi connectivity index (χ3v) is 2.34. The molecule has 0 fully saturated rings. The molecule has 0 nitrogen and oxygen atoms in total. The lowest BCUT2D eigenvalue weighted by Crippen LogP contribution is -1.97. The van der Waals surface area contributed by atoms with Crippen molar-refractivity contribution >= 4 is 0 Å². The van der Waals surface area contributed by atoms with E-state index in [1.807, 2.05) is 12.1 Å². The summed E-state index contributed by atoms with van der Waals surface area (Å²) in [5.41, 5.74) is 1.14. The van der Waals surface area contributed by atoms with E-state index in [1.165, 1.54) is 12.1 Å². The Kier molecular flexibility index (Phi) is 4.19. The van der Waals surface area contributed by atoms with E-state index in [0.717, 1.165) is 24.8 Å². The van der Waals surface area contributed by atoms with Gasteiger partial charge in [0.1, 0.15) is 5.82 Å². The van der Waals surface area contributed by atoms with Crippen molar-refractivity contribution in [3.05, 3.63) is 35.6 Å². The van der Waals surface area contributed by atoms with Gasteiger partial charge in [-0.1, -0.05) is 25.5 Å². The maximum Gasteiger partial charge on any atom is 0.123 e. The van der Waals surface area contributed by atoms with Crippen LogP contribution in [-0.2, 0) is 0 Å². The normalized spacial score (nSPS) is 12.1. The highest BCUT2D eigenvalue weighted by molar-refractivity contribution is 5.21. The smallest absolute Gasteiger partial charge is 0.123 e. The van der Waals surface area contributed by atoms with E-state index in [2.05, 4.69) is 12.8 Å². The van der Waals surface area contributed by atoms with Gasteiger partial charge < -0.3 is 0 Å². The zero-order valence-electron chi connectivity index (χ0n) is 8.46. The van der Waals surface area contributed by atoms with Crippen molar-refractivity contribution in [2.45, 2.75) is 32.1 Å². The van der Waals surface area contributed by atoms with Crippen LogP contribution in [-0.4, -0.2) is 0 Å². The molecule has 1 rings (SSSR count). The second kappa shape index (κ2) is 5.44. The molecule has 0 heterocycles. The van der Waals surface area contributed by atoms with Gasteiger partial charge in [-0.2, -0.15) is 0 Å². The summed E-state index contributed by atoms with van der Waals surface area (Å²) in [6.07, 6.45) is 8.20. The zero-order chi connectivity index (χ0) is 10.4. The Bertz CT molecular complexity index is 305. The molecule has 0 spiro atoms. The first kappa shape index (κ1) is 10.8. The lowest BCUT2D eigenvalue weighted by atomic mass is 9.92. The molecule has 0 bridgehead atoms. The Morgan fingerprint density at radius 2 is 2.00 bits per heavy atom. The van der Waals surface area contributed by atoms with Crippen LogP contribution in [0.4, 0.5) is 4.39 Å². The topological polar surface area (TPSA) is 0 Å². The first-order valence-electron chi connectivity index (χ1n) is 4.96. The monoisotopic (exact) mass is 190 g/mol. The molecule has 0 amide bonds. The van der Waals surface area contributed by atoms with Crippen LogP contribution in [0, 0.1) is 18.2 Å². The lowest BCUT2D eigenvalue weighted by Gasteiger charge is -2.13. The highest BCUT2D eigenvalue weighted by atomic mass is 19.1. The molecule has 14 heavy (non-hydrogen) atoms. The summed E-state index contributed by atoms with van der Waals surface area (Å²) >= 11 is 0. The molecule has 1 atom stereocenters. The molecular formula is C13H15F. The summed E-state index contributed by atoms with van der Waals surface area (Å²) in [6, 6.07) is 6.64. The third kappa shape index (κ3) is 2.88. The SMILES string of the molecule is C#CCC(CCC)c1ccc(F)cc1. The van der Waals surface area contributed by atoms with Gasteiger partial charge in [0.05, 0.1) is 0 Å². The minimum atomic E-state index is -0.190. The Hall–Kier alpha value is -1.29. The van der Waals surface area contributed by atoms with Gasteiger partial charge in [-0.15, -0.1) is 12.3 Å². The lowest BCUT2D eigenvalue weighted by molar-refractivity contribution is 0.612. The van der Waals surface area contributed by atoms with Crippen LogP contribution in [0.1, 0.15) is 37.7 Å². The fraction of sp³-hybridized carbons (Fsp3) is 0.385. The summed E-state index contributed by atoms with van der Waals surface area (Å²) < 4.78 is 12.7. The maximum absolute atomic E-state index is 12.7. The van der Waals surface area contributed by atoms with Crippen molar-refractivity contribution in [3.63, 3.8) is 0 Å². The van der Waals surface area contributed by atoms with Crippen molar-refractivity contribution in [1.82, 2.24) is 0 Å². The Balaban J connectivity index is 2.77. The first-order chi connectivity index (χ1) is 6.77. The predicted molar refractivity (Wildman–Crippen MR) is 57.5 cm³/mol. The van der Waals surface area contributed by atoms with Crippen LogP contribution in [0.3, 0.4) is 0 Å². The van der Waals surface area contributed by atoms with Crippen molar-refractivity contribution < 1.29 is 4.39 Å². The molecule has 1 aromatic rings. The number of hydrogen-bond acceptors (Lipinski definition) is 0. The molecule has 0 saturated carbocycles. The fourth-order valence-corrected chi connectivity index (χ4v) is 1.61. The Morgan fingerprint density at radius 1 is 1.36 bits per heavy atom. The molecular weight excluding hydrogens is 175 g/mol. The molecule has 1 unspecified atom stereocenters. The largest absolute Gasteiger partial charge is 0.207 e. The van der Waals surface area contributed by atoms with Crippen LogP contribution >= 0.6 is 0 Å². The Labute approximate surface area is 85.2 Å². The molecule has 0 radical (unpaired) electrons. The van der Waals surface area contributed by atoms with Gasteiger partial charge in [-0.3, -0.25) is 0 Å². The van der Waals surface area contributed by atoms with Crippen LogP contribution < -0.4 is 0 Å². The van der Waals surface area contributed by atoms with E-state index in [9.17, 15) is 4.39 Å². The van der Waals surface area contributed by atoms with Gasteiger partial charge in [0.15, 0.2) is 0 Å². The van der Waals surface area contributed by atoms with E-state index in [-0.39, 0.29) is 5.82 Å². The second-order valence-electron chi connectivity index (χ2n) is 3.45. The van der Waals surface area contributed by atoms with Gasteiger partial charge in [-0.05, 0) is 30.0 Å². The summed E-state index contributed by atoms with van der Waals surface area (Å²) in [6.45, 7) is 2.13. The van der Waals surface area contributed by atoms with Crippen molar-refractivity contribution in [3.8, 4) is 12.3 Å². The van der Waals surface area contributed by atoms with Gasteiger partial charge in [0.25, 0.3) is 0 Å². The number of terminal acetylenes is 1. The number of hydrogen-bond donors (Lipinski definition) is 0. The zero-order valence-corrected chi connectivity index (χ0v) is 8.46. The minimum Gasteiger partial charge on any atom is -0.207 e. The van der Waals surface area contributed by atoms with Crippen LogP contribution in [0.5, 0.6) is 0 Å².